The molecule has 13 nitrogen and oxygen atoms in total. The van der Waals surface area contributed by atoms with E-state index in [4.69, 9.17) is 9.47 Å². The van der Waals surface area contributed by atoms with Crippen molar-refractivity contribution in [2.75, 3.05) is 85.3 Å². The van der Waals surface area contributed by atoms with Crippen LogP contribution in [-0.2, 0) is 23.8 Å². The Labute approximate surface area is 380 Å². The van der Waals surface area contributed by atoms with Gasteiger partial charge in [-0.2, -0.15) is 26.3 Å². The molecule has 64 heavy (non-hydrogen) atoms. The fourth-order valence-electron chi connectivity index (χ4n) is 12.1. The van der Waals surface area contributed by atoms with E-state index in [9.17, 15) is 45.5 Å². The normalized spacial score (nSPS) is 31.3. The van der Waals surface area contributed by atoms with Crippen LogP contribution in [0.15, 0.2) is 0 Å². The summed E-state index contributed by atoms with van der Waals surface area (Å²) in [5.41, 5.74) is 0.622. The molecule has 6 heterocycles. The standard InChI is InChI=1S/C21H32F3N3O3.C19H33N3O2.C4H5F3O2.ClH/c1-2-30-19(29)26-11-7-20(14-26)12-16(13-20)25-9-5-15(6-10-25)17-4-3-8-27(17)18(28)21(22,23)24;1-2-24-18(23)22-11-7-19(14-22)12-16(13-19)21-9-5-15(6-10-21)17-4-3-8-20-17;1-2-9-3(8)4(5,6)7;/h15-17H,2-14H2,1H3;15-17,20H,2-14H2,1H3;2H2,1H3;1H. The Hall–Kier alpha value is -2.77. The van der Waals surface area contributed by atoms with Crippen LogP contribution < -0.4 is 5.32 Å². The maximum Gasteiger partial charge on any atom is 0.490 e. The number of hydrogen-bond acceptors (Lipinski definition) is 10. The summed E-state index contributed by atoms with van der Waals surface area (Å²) in [7, 11) is 0. The summed E-state index contributed by atoms with van der Waals surface area (Å²) in [4.78, 5) is 55.4. The predicted molar refractivity (Wildman–Crippen MR) is 228 cm³/mol. The Kier molecular flexibility index (Phi) is 18.2. The molecule has 6 saturated heterocycles. The number of piperidine rings is 2. The molecule has 2 saturated carbocycles. The minimum absolute atomic E-state index is 0. The molecule has 3 amide bonds. The number of halogens is 7. The first-order valence-electron chi connectivity index (χ1n) is 23.6. The summed E-state index contributed by atoms with van der Waals surface area (Å²) >= 11 is 0. The highest BCUT2D eigenvalue weighted by molar-refractivity contribution is 5.85. The SMILES string of the molecule is CCOC(=O)C(F)(F)F.CCOC(=O)N1CCC2(CC(N3CCC(C4CCCN4)CC3)C2)C1.CCOC(=O)N1CCC2(CC(N3CCC(C4CCCN4C(=O)C(F)(F)F)CC3)C2)C1.Cl. The highest BCUT2D eigenvalue weighted by Gasteiger charge is 2.54. The Balaban J connectivity index is 0.000000203. The molecule has 0 bridgehead atoms. The second-order valence-electron chi connectivity index (χ2n) is 19.2. The van der Waals surface area contributed by atoms with Crippen molar-refractivity contribution in [2.45, 2.75) is 147 Å². The maximum absolute atomic E-state index is 12.9. The van der Waals surface area contributed by atoms with Gasteiger partial charge in [0.1, 0.15) is 0 Å². The third kappa shape index (κ3) is 12.8. The van der Waals surface area contributed by atoms with Crippen LogP contribution in [0.5, 0.6) is 0 Å². The van der Waals surface area contributed by atoms with Crippen LogP contribution in [0.1, 0.15) is 111 Å². The largest absolute Gasteiger partial charge is 0.490 e. The fraction of sp³-hybridized carbons (Fsp3) is 0.909. The molecule has 20 heteroatoms. The van der Waals surface area contributed by atoms with E-state index in [1.54, 1.807) is 0 Å². The number of rotatable bonds is 7. The zero-order valence-corrected chi connectivity index (χ0v) is 38.6. The van der Waals surface area contributed by atoms with Crippen molar-refractivity contribution < 1.29 is 59.7 Å². The number of esters is 1. The fourth-order valence-corrected chi connectivity index (χ4v) is 12.1. The van der Waals surface area contributed by atoms with Gasteiger partial charge in [-0.3, -0.25) is 4.79 Å². The predicted octanol–water partition coefficient (Wildman–Crippen LogP) is 7.26. The molecular formula is C44H71ClF6N6O7. The minimum atomic E-state index is -4.85. The lowest BCUT2D eigenvalue weighted by Crippen LogP contribution is -2.55. The van der Waals surface area contributed by atoms with Crippen LogP contribution in [0.4, 0.5) is 35.9 Å². The van der Waals surface area contributed by atoms with E-state index in [-0.39, 0.29) is 55.1 Å². The van der Waals surface area contributed by atoms with Gasteiger partial charge >= 0.3 is 36.4 Å². The molecule has 2 atom stereocenters. The topological polar surface area (TPSA) is 124 Å². The summed E-state index contributed by atoms with van der Waals surface area (Å²) in [6, 6.07) is 1.81. The average Bonchev–Trinajstić information content (AvgIpc) is 4.07. The third-order valence-corrected chi connectivity index (χ3v) is 15.3. The van der Waals surface area contributed by atoms with E-state index < -0.39 is 24.2 Å². The van der Waals surface area contributed by atoms with Crippen molar-refractivity contribution in [3.63, 3.8) is 0 Å². The quantitative estimate of drug-likeness (QED) is 0.159. The van der Waals surface area contributed by atoms with Crippen LogP contribution in [0.2, 0.25) is 0 Å². The second-order valence-corrected chi connectivity index (χ2v) is 19.2. The molecule has 0 aromatic rings. The highest BCUT2D eigenvalue weighted by atomic mass is 35.5. The minimum Gasteiger partial charge on any atom is -0.459 e. The molecule has 2 spiro atoms. The van der Waals surface area contributed by atoms with E-state index in [0.717, 1.165) is 94.3 Å². The molecule has 368 valence electrons. The number of hydrogen-bond donors (Lipinski definition) is 1. The zero-order chi connectivity index (χ0) is 45.6. The summed E-state index contributed by atoms with van der Waals surface area (Å²) in [6.45, 7) is 14.8. The van der Waals surface area contributed by atoms with Gasteiger partial charge in [-0.05, 0) is 166 Å². The molecule has 6 aliphatic heterocycles. The molecule has 1 N–H and O–H groups in total. The number of nitrogens with one attached hydrogen (secondary N) is 1. The Morgan fingerprint density at radius 3 is 1.45 bits per heavy atom. The first-order chi connectivity index (χ1) is 29.9. The van der Waals surface area contributed by atoms with Crippen molar-refractivity contribution in [1.29, 1.82) is 0 Å². The van der Waals surface area contributed by atoms with Crippen LogP contribution in [0, 0.1) is 22.7 Å². The third-order valence-electron chi connectivity index (χ3n) is 15.3. The van der Waals surface area contributed by atoms with Crippen molar-refractivity contribution in [3.8, 4) is 0 Å². The van der Waals surface area contributed by atoms with Gasteiger partial charge in [-0.15, -0.1) is 12.4 Å². The molecule has 2 aliphatic carbocycles. The monoisotopic (exact) mass is 944 g/mol. The van der Waals surface area contributed by atoms with Gasteiger partial charge in [-0.25, -0.2) is 14.4 Å². The van der Waals surface area contributed by atoms with Crippen LogP contribution >= 0.6 is 12.4 Å². The molecule has 8 aliphatic rings. The number of amides is 3. The number of carbonyl (C=O) groups is 4. The van der Waals surface area contributed by atoms with E-state index >= 15 is 0 Å². The van der Waals surface area contributed by atoms with Gasteiger partial charge < -0.3 is 44.0 Å². The Morgan fingerprint density at radius 1 is 0.594 bits per heavy atom. The van der Waals surface area contributed by atoms with Gasteiger partial charge in [0.25, 0.3) is 0 Å². The van der Waals surface area contributed by atoms with Gasteiger partial charge in [0, 0.05) is 56.9 Å². The van der Waals surface area contributed by atoms with Crippen molar-refractivity contribution in [2.24, 2.45) is 22.7 Å². The number of carbonyl (C=O) groups excluding carboxylic acids is 4. The summed E-state index contributed by atoms with van der Waals surface area (Å²) in [5.74, 6) is -2.73. The lowest BCUT2D eigenvalue weighted by Gasteiger charge is -2.52. The maximum atomic E-state index is 12.9. The van der Waals surface area contributed by atoms with E-state index in [1.807, 2.05) is 23.6 Å². The summed E-state index contributed by atoms with van der Waals surface area (Å²) < 4.78 is 86.1. The van der Waals surface area contributed by atoms with Crippen molar-refractivity contribution in [1.82, 2.24) is 29.8 Å². The van der Waals surface area contributed by atoms with Crippen LogP contribution in [0.25, 0.3) is 0 Å². The van der Waals surface area contributed by atoms with Crippen molar-refractivity contribution >= 4 is 36.5 Å². The number of likely N-dealkylation sites (tertiary alicyclic amines) is 5. The molecule has 0 radical (unpaired) electrons. The van der Waals surface area contributed by atoms with Gasteiger partial charge in [0.2, 0.25) is 0 Å². The van der Waals surface area contributed by atoms with Crippen LogP contribution in [-0.4, -0.2) is 170 Å². The molecule has 8 fully saturated rings. The summed E-state index contributed by atoms with van der Waals surface area (Å²) in [6.07, 6.45) is 5.53. The van der Waals surface area contributed by atoms with E-state index in [2.05, 4.69) is 19.9 Å². The molecule has 0 aromatic carbocycles. The van der Waals surface area contributed by atoms with Crippen LogP contribution in [0.3, 0.4) is 0 Å². The number of ether oxygens (including phenoxy) is 3. The lowest BCUT2D eigenvalue weighted by molar-refractivity contribution is -0.199. The lowest BCUT2D eigenvalue weighted by atomic mass is 9.64. The Morgan fingerprint density at radius 2 is 1.06 bits per heavy atom. The highest BCUT2D eigenvalue weighted by Crippen LogP contribution is 2.52. The smallest absolute Gasteiger partial charge is 0.459 e. The van der Waals surface area contributed by atoms with E-state index in [1.165, 1.54) is 71.5 Å². The van der Waals surface area contributed by atoms with E-state index in [0.29, 0.717) is 37.5 Å². The van der Waals surface area contributed by atoms with Gasteiger partial charge in [0.15, 0.2) is 0 Å². The first kappa shape index (κ1) is 52.2. The van der Waals surface area contributed by atoms with Gasteiger partial charge in [0.05, 0.1) is 19.8 Å². The molecule has 0 aromatic heterocycles. The average molecular weight is 946 g/mol. The zero-order valence-electron chi connectivity index (χ0n) is 37.8. The first-order valence-corrected chi connectivity index (χ1v) is 23.6. The van der Waals surface area contributed by atoms with Gasteiger partial charge in [-0.1, -0.05) is 0 Å². The number of alkyl halides is 6. The molecule has 8 rings (SSSR count). The molecular weight excluding hydrogens is 874 g/mol. The number of nitrogens with zero attached hydrogens (tertiary/aromatic N) is 5. The van der Waals surface area contributed by atoms with Crippen molar-refractivity contribution in [3.05, 3.63) is 0 Å². The second kappa shape index (κ2) is 22.4. The molecule has 2 unspecified atom stereocenters. The summed E-state index contributed by atoms with van der Waals surface area (Å²) in [5, 5.41) is 3.70. The Bertz CT molecular complexity index is 1540.